The first-order valence-corrected chi connectivity index (χ1v) is 12.9. The molecule has 1 saturated heterocycles. The highest BCUT2D eigenvalue weighted by atomic mass is 32.2. The number of H-pyrrole nitrogens is 1. The molecule has 180 valence electrons. The number of alkyl halides is 3. The van der Waals surface area contributed by atoms with Crippen LogP contribution < -0.4 is 0 Å². The van der Waals surface area contributed by atoms with E-state index in [2.05, 4.69) is 10.2 Å². The van der Waals surface area contributed by atoms with Crippen LogP contribution in [0.1, 0.15) is 58.6 Å². The van der Waals surface area contributed by atoms with E-state index in [9.17, 15) is 26.4 Å². The molecule has 1 amide bonds. The van der Waals surface area contributed by atoms with Gasteiger partial charge in [-0.2, -0.15) is 18.3 Å². The van der Waals surface area contributed by atoms with E-state index in [-0.39, 0.29) is 29.0 Å². The minimum absolute atomic E-state index is 0.0296. The molecular weight excluding hydrogens is 457 g/mol. The number of amides is 1. The van der Waals surface area contributed by atoms with Crippen molar-refractivity contribution >= 4 is 15.7 Å². The molecular formula is C22H27F3N4O3S. The van der Waals surface area contributed by atoms with Crippen molar-refractivity contribution in [2.75, 3.05) is 31.3 Å². The van der Waals surface area contributed by atoms with E-state index < -0.39 is 21.6 Å². The predicted octanol–water partition coefficient (Wildman–Crippen LogP) is 3.20. The SMILES string of the molecule is CCS(=O)(=O)CN1CCc2c(C(=O)N3CCC(c4ccccc4C(F)(F)F)CC3)n[nH]c2C1. The minimum Gasteiger partial charge on any atom is -0.337 e. The zero-order valence-electron chi connectivity index (χ0n) is 18.4. The molecule has 0 saturated carbocycles. The van der Waals surface area contributed by atoms with Gasteiger partial charge in [-0.25, -0.2) is 8.42 Å². The second kappa shape index (κ2) is 9.09. The van der Waals surface area contributed by atoms with Crippen molar-refractivity contribution in [3.63, 3.8) is 0 Å². The zero-order valence-corrected chi connectivity index (χ0v) is 19.2. The van der Waals surface area contributed by atoms with Crippen LogP contribution >= 0.6 is 0 Å². The first-order valence-electron chi connectivity index (χ1n) is 11.0. The quantitative estimate of drug-likeness (QED) is 0.705. The van der Waals surface area contributed by atoms with Gasteiger partial charge in [0.2, 0.25) is 0 Å². The third kappa shape index (κ3) is 5.08. The fourth-order valence-electron chi connectivity index (χ4n) is 4.68. The second-order valence-electron chi connectivity index (χ2n) is 8.64. The van der Waals surface area contributed by atoms with Crippen LogP contribution in [-0.2, 0) is 29.0 Å². The van der Waals surface area contributed by atoms with Gasteiger partial charge in [0, 0.05) is 37.5 Å². The number of hydrogen-bond donors (Lipinski definition) is 1. The van der Waals surface area contributed by atoms with Crippen molar-refractivity contribution < 1.29 is 26.4 Å². The number of carbonyl (C=O) groups is 1. The van der Waals surface area contributed by atoms with Crippen LogP contribution in [0.4, 0.5) is 13.2 Å². The number of nitrogens with zero attached hydrogens (tertiary/aromatic N) is 3. The van der Waals surface area contributed by atoms with E-state index in [0.29, 0.717) is 51.1 Å². The number of likely N-dealkylation sites (tertiary alicyclic amines) is 1. The van der Waals surface area contributed by atoms with E-state index >= 15 is 0 Å². The molecule has 0 bridgehead atoms. The molecule has 1 N–H and O–H groups in total. The van der Waals surface area contributed by atoms with Crippen molar-refractivity contribution in [1.82, 2.24) is 20.0 Å². The summed E-state index contributed by atoms with van der Waals surface area (Å²) in [6, 6.07) is 5.65. The van der Waals surface area contributed by atoms with E-state index in [1.54, 1.807) is 17.9 Å². The van der Waals surface area contributed by atoms with E-state index in [0.717, 1.165) is 17.3 Å². The molecule has 33 heavy (non-hydrogen) atoms. The molecule has 3 heterocycles. The topological polar surface area (TPSA) is 86.4 Å². The number of aromatic amines is 1. The lowest BCUT2D eigenvalue weighted by Crippen LogP contribution is -2.39. The van der Waals surface area contributed by atoms with Crippen molar-refractivity contribution in [1.29, 1.82) is 0 Å². The zero-order chi connectivity index (χ0) is 23.8. The highest BCUT2D eigenvalue weighted by Crippen LogP contribution is 2.38. The Kier molecular flexibility index (Phi) is 6.54. The van der Waals surface area contributed by atoms with Gasteiger partial charge in [0.25, 0.3) is 5.91 Å². The van der Waals surface area contributed by atoms with Crippen molar-refractivity contribution in [3.05, 3.63) is 52.3 Å². The van der Waals surface area contributed by atoms with Crippen LogP contribution in [0.2, 0.25) is 0 Å². The Balaban J connectivity index is 1.42. The Labute approximate surface area is 190 Å². The molecule has 0 unspecified atom stereocenters. The first kappa shape index (κ1) is 23.7. The molecule has 0 atom stereocenters. The number of hydrogen-bond acceptors (Lipinski definition) is 5. The molecule has 2 aliphatic rings. The van der Waals surface area contributed by atoms with Crippen LogP contribution in [0.15, 0.2) is 24.3 Å². The number of carbonyl (C=O) groups excluding carboxylic acids is 1. The lowest BCUT2D eigenvalue weighted by molar-refractivity contribution is -0.138. The number of halogens is 3. The largest absolute Gasteiger partial charge is 0.416 e. The summed E-state index contributed by atoms with van der Waals surface area (Å²) in [5.74, 6) is -0.441. The van der Waals surface area contributed by atoms with Gasteiger partial charge in [-0.1, -0.05) is 25.1 Å². The maximum Gasteiger partial charge on any atom is 0.416 e. The lowest BCUT2D eigenvalue weighted by atomic mass is 9.86. The summed E-state index contributed by atoms with van der Waals surface area (Å²) in [6.07, 6.45) is -2.98. The number of piperidine rings is 1. The maximum atomic E-state index is 13.4. The lowest BCUT2D eigenvalue weighted by Gasteiger charge is -2.33. The van der Waals surface area contributed by atoms with E-state index in [1.807, 2.05) is 4.90 Å². The molecule has 2 aliphatic heterocycles. The summed E-state index contributed by atoms with van der Waals surface area (Å²) in [4.78, 5) is 16.6. The highest BCUT2D eigenvalue weighted by molar-refractivity contribution is 7.91. The summed E-state index contributed by atoms with van der Waals surface area (Å²) in [5, 5.41) is 7.09. The van der Waals surface area contributed by atoms with Gasteiger partial charge in [0.05, 0.1) is 11.3 Å². The van der Waals surface area contributed by atoms with E-state index in [4.69, 9.17) is 0 Å². The third-order valence-electron chi connectivity index (χ3n) is 6.52. The van der Waals surface area contributed by atoms with Gasteiger partial charge in [-0.15, -0.1) is 0 Å². The van der Waals surface area contributed by atoms with Crippen LogP contribution in [-0.4, -0.2) is 65.6 Å². The Morgan fingerprint density at radius 1 is 1.18 bits per heavy atom. The predicted molar refractivity (Wildman–Crippen MR) is 116 cm³/mol. The van der Waals surface area contributed by atoms with Gasteiger partial charge in [-0.3, -0.25) is 14.8 Å². The van der Waals surface area contributed by atoms with E-state index in [1.165, 1.54) is 12.1 Å². The number of rotatable bonds is 5. The summed E-state index contributed by atoms with van der Waals surface area (Å²) >= 11 is 0. The monoisotopic (exact) mass is 484 g/mol. The normalized spacial score (nSPS) is 18.4. The van der Waals surface area contributed by atoms with Gasteiger partial charge in [0.15, 0.2) is 15.5 Å². The Morgan fingerprint density at radius 2 is 1.88 bits per heavy atom. The summed E-state index contributed by atoms with van der Waals surface area (Å²) < 4.78 is 64.0. The molecule has 0 aliphatic carbocycles. The first-order chi connectivity index (χ1) is 15.6. The standard InChI is InChI=1S/C22H27F3N4O3S/c1-2-33(31,32)14-28-10-9-17-19(13-28)26-27-20(17)21(30)29-11-7-15(8-12-29)16-5-3-4-6-18(16)22(23,24)25/h3-6,15H,2,7-14H2,1H3,(H,26,27). The Hall–Kier alpha value is -2.40. The molecule has 0 radical (unpaired) electrons. The molecule has 7 nitrogen and oxygen atoms in total. The fourth-order valence-corrected chi connectivity index (χ4v) is 5.64. The Morgan fingerprint density at radius 3 is 2.55 bits per heavy atom. The summed E-state index contributed by atoms with van der Waals surface area (Å²) in [7, 11) is -3.14. The van der Waals surface area contributed by atoms with Crippen molar-refractivity contribution in [2.24, 2.45) is 0 Å². The van der Waals surface area contributed by atoms with Gasteiger partial charge in [-0.05, 0) is 36.8 Å². The highest BCUT2D eigenvalue weighted by Gasteiger charge is 2.37. The second-order valence-corrected chi connectivity index (χ2v) is 11.0. The molecule has 0 spiro atoms. The van der Waals surface area contributed by atoms with Gasteiger partial charge < -0.3 is 4.90 Å². The third-order valence-corrected chi connectivity index (χ3v) is 8.16. The average molecular weight is 485 g/mol. The van der Waals surface area contributed by atoms with Crippen molar-refractivity contribution in [3.8, 4) is 0 Å². The molecule has 1 fully saturated rings. The molecule has 1 aromatic carbocycles. The smallest absolute Gasteiger partial charge is 0.337 e. The van der Waals surface area contributed by atoms with Crippen LogP contribution in [0, 0.1) is 0 Å². The fraction of sp³-hybridized carbons (Fsp3) is 0.545. The van der Waals surface area contributed by atoms with Gasteiger partial charge >= 0.3 is 6.18 Å². The van der Waals surface area contributed by atoms with Crippen LogP contribution in [0.3, 0.4) is 0 Å². The Bertz CT molecular complexity index is 1120. The van der Waals surface area contributed by atoms with Crippen LogP contribution in [0.5, 0.6) is 0 Å². The maximum absolute atomic E-state index is 13.4. The summed E-state index contributed by atoms with van der Waals surface area (Å²) in [5.41, 5.74) is 1.55. The summed E-state index contributed by atoms with van der Waals surface area (Å²) in [6.45, 7) is 3.23. The number of fused-ring (bicyclic) bond motifs is 1. The molecule has 1 aromatic heterocycles. The molecule has 4 rings (SSSR count). The van der Waals surface area contributed by atoms with Crippen molar-refractivity contribution in [2.45, 2.75) is 44.8 Å². The number of aromatic nitrogens is 2. The number of sulfone groups is 1. The number of nitrogens with one attached hydrogen (secondary N) is 1. The molecule has 11 heteroatoms. The molecule has 2 aromatic rings. The number of benzene rings is 1. The van der Waals surface area contributed by atoms with Gasteiger partial charge in [0.1, 0.15) is 5.88 Å². The average Bonchev–Trinajstić information content (AvgIpc) is 3.21. The van der Waals surface area contributed by atoms with Crippen LogP contribution in [0.25, 0.3) is 0 Å². The minimum atomic E-state index is -4.40.